The summed E-state index contributed by atoms with van der Waals surface area (Å²) in [5, 5.41) is 13.5. The first-order chi connectivity index (χ1) is 9.70. The van der Waals surface area contributed by atoms with Crippen LogP contribution in [0.25, 0.3) is 6.08 Å². The van der Waals surface area contributed by atoms with Crippen LogP contribution in [0.2, 0.25) is 0 Å². The van der Waals surface area contributed by atoms with Crippen molar-refractivity contribution in [3.05, 3.63) is 63.6 Å². The number of hydrogen-bond donors (Lipinski definition) is 1. The van der Waals surface area contributed by atoms with E-state index in [4.69, 9.17) is 5.26 Å². The highest BCUT2D eigenvalue weighted by Crippen LogP contribution is 2.12. The summed E-state index contributed by atoms with van der Waals surface area (Å²) in [6.45, 7) is 0.354. The molecule has 100 valence electrons. The van der Waals surface area contributed by atoms with Gasteiger partial charge in [0, 0.05) is 10.4 Å². The van der Waals surface area contributed by atoms with Crippen LogP contribution in [0.5, 0.6) is 0 Å². The van der Waals surface area contributed by atoms with E-state index >= 15 is 0 Å². The third-order valence-corrected chi connectivity index (χ3v) is 3.45. The summed E-state index contributed by atoms with van der Waals surface area (Å²) < 4.78 is 13.5. The molecule has 0 aliphatic carbocycles. The van der Waals surface area contributed by atoms with E-state index in [1.54, 1.807) is 18.2 Å². The smallest absolute Gasteiger partial charge is 0.262 e. The van der Waals surface area contributed by atoms with Crippen LogP contribution in [-0.2, 0) is 11.3 Å². The highest BCUT2D eigenvalue weighted by atomic mass is 32.1. The summed E-state index contributed by atoms with van der Waals surface area (Å²) in [5.74, 6) is -0.976. The summed E-state index contributed by atoms with van der Waals surface area (Å²) in [6, 6.07) is 11.6. The molecule has 2 rings (SSSR count). The van der Waals surface area contributed by atoms with Gasteiger partial charge in [0.15, 0.2) is 0 Å². The number of thiophene rings is 1. The minimum absolute atomic E-state index is 0.119. The van der Waals surface area contributed by atoms with Crippen molar-refractivity contribution in [2.24, 2.45) is 0 Å². The highest BCUT2D eigenvalue weighted by Gasteiger charge is 2.10. The fraction of sp³-hybridized carbons (Fsp3) is 0.0667. The van der Waals surface area contributed by atoms with E-state index in [2.05, 4.69) is 5.32 Å². The molecule has 3 nitrogen and oxygen atoms in total. The molecule has 0 saturated carbocycles. The molecule has 1 heterocycles. The largest absolute Gasteiger partial charge is 0.347 e. The minimum Gasteiger partial charge on any atom is -0.347 e. The number of nitriles is 1. The average Bonchev–Trinajstić information content (AvgIpc) is 2.97. The van der Waals surface area contributed by atoms with E-state index in [1.165, 1.54) is 29.5 Å². The van der Waals surface area contributed by atoms with E-state index in [1.807, 2.05) is 17.5 Å². The summed E-state index contributed by atoms with van der Waals surface area (Å²) in [7, 11) is 0. The van der Waals surface area contributed by atoms with Gasteiger partial charge in [-0.15, -0.1) is 11.3 Å². The number of nitrogens with zero attached hydrogens (tertiary/aromatic N) is 1. The summed E-state index contributed by atoms with van der Waals surface area (Å²) in [4.78, 5) is 12.9. The zero-order chi connectivity index (χ0) is 14.4. The average molecular weight is 286 g/mol. The lowest BCUT2D eigenvalue weighted by Gasteiger charge is -2.02. The lowest BCUT2D eigenvalue weighted by atomic mass is 10.1. The number of benzene rings is 1. The van der Waals surface area contributed by atoms with Crippen molar-refractivity contribution in [3.8, 4) is 6.07 Å². The number of nitrogens with one attached hydrogen (secondary N) is 1. The fourth-order valence-corrected chi connectivity index (χ4v) is 2.22. The maximum atomic E-state index is 13.5. The van der Waals surface area contributed by atoms with Gasteiger partial charge < -0.3 is 5.32 Å². The first-order valence-corrected chi connectivity index (χ1v) is 6.75. The molecule has 0 aliphatic rings. The van der Waals surface area contributed by atoms with Crippen LogP contribution in [0, 0.1) is 17.1 Å². The number of rotatable bonds is 4. The van der Waals surface area contributed by atoms with Crippen molar-refractivity contribution in [2.45, 2.75) is 6.54 Å². The Labute approximate surface area is 120 Å². The Bertz CT molecular complexity index is 671. The monoisotopic (exact) mass is 286 g/mol. The van der Waals surface area contributed by atoms with Crippen LogP contribution in [0.15, 0.2) is 47.4 Å². The molecule has 0 bridgehead atoms. The van der Waals surface area contributed by atoms with Gasteiger partial charge >= 0.3 is 0 Å². The van der Waals surface area contributed by atoms with Gasteiger partial charge in [-0.3, -0.25) is 4.79 Å². The van der Waals surface area contributed by atoms with E-state index in [9.17, 15) is 9.18 Å². The van der Waals surface area contributed by atoms with Gasteiger partial charge in [-0.05, 0) is 23.6 Å². The van der Waals surface area contributed by atoms with E-state index < -0.39 is 11.7 Å². The van der Waals surface area contributed by atoms with Crippen LogP contribution < -0.4 is 5.32 Å². The molecule has 0 spiro atoms. The van der Waals surface area contributed by atoms with Crippen molar-refractivity contribution in [2.75, 3.05) is 0 Å². The number of amides is 1. The van der Waals surface area contributed by atoms with E-state index in [0.29, 0.717) is 6.54 Å². The maximum absolute atomic E-state index is 13.5. The Morgan fingerprint density at radius 3 is 2.80 bits per heavy atom. The first-order valence-electron chi connectivity index (χ1n) is 5.87. The lowest BCUT2D eigenvalue weighted by Crippen LogP contribution is -2.23. The standard InChI is InChI=1S/C15H11FN2OS/c16-14-6-2-1-4-11(14)8-12(9-17)15(19)18-10-13-5-3-7-20-13/h1-8H,10H2,(H,18,19)/b12-8+. The van der Waals surface area contributed by atoms with E-state index in [-0.39, 0.29) is 11.1 Å². The van der Waals surface area contributed by atoms with Gasteiger partial charge in [0.1, 0.15) is 17.5 Å². The van der Waals surface area contributed by atoms with Crippen LogP contribution in [0.1, 0.15) is 10.4 Å². The number of carbonyl (C=O) groups excluding carboxylic acids is 1. The molecule has 0 unspecified atom stereocenters. The molecular formula is C15H11FN2OS. The summed E-state index contributed by atoms with van der Waals surface area (Å²) in [6.07, 6.45) is 1.25. The third-order valence-electron chi connectivity index (χ3n) is 2.57. The number of hydrogen-bond acceptors (Lipinski definition) is 3. The Hall–Kier alpha value is -2.45. The van der Waals surface area contributed by atoms with Crippen molar-refractivity contribution in [1.82, 2.24) is 5.32 Å². The van der Waals surface area contributed by atoms with E-state index in [0.717, 1.165) is 4.88 Å². The molecule has 5 heteroatoms. The van der Waals surface area contributed by atoms with Crippen LogP contribution >= 0.6 is 11.3 Å². The molecule has 1 amide bonds. The normalized spacial score (nSPS) is 10.9. The summed E-state index contributed by atoms with van der Waals surface area (Å²) >= 11 is 1.51. The fourth-order valence-electron chi connectivity index (χ4n) is 1.57. The van der Waals surface area contributed by atoms with Gasteiger partial charge in [0.05, 0.1) is 6.54 Å². The van der Waals surface area contributed by atoms with Gasteiger partial charge in [-0.1, -0.05) is 24.3 Å². The van der Waals surface area contributed by atoms with Crippen molar-refractivity contribution in [3.63, 3.8) is 0 Å². The zero-order valence-electron chi connectivity index (χ0n) is 10.5. The van der Waals surface area contributed by atoms with Crippen LogP contribution in [0.3, 0.4) is 0 Å². The van der Waals surface area contributed by atoms with Gasteiger partial charge in [-0.25, -0.2) is 4.39 Å². The van der Waals surface area contributed by atoms with Gasteiger partial charge in [-0.2, -0.15) is 5.26 Å². The van der Waals surface area contributed by atoms with Crippen LogP contribution in [0.4, 0.5) is 4.39 Å². The third kappa shape index (κ3) is 3.53. The van der Waals surface area contributed by atoms with Gasteiger partial charge in [0.25, 0.3) is 5.91 Å². The molecule has 1 aromatic heterocycles. The molecule has 1 N–H and O–H groups in total. The SMILES string of the molecule is N#C/C(=C\c1ccccc1F)C(=O)NCc1cccs1. The molecule has 20 heavy (non-hydrogen) atoms. The predicted molar refractivity (Wildman–Crippen MR) is 76.2 cm³/mol. The maximum Gasteiger partial charge on any atom is 0.262 e. The van der Waals surface area contributed by atoms with Crippen molar-refractivity contribution >= 4 is 23.3 Å². The molecule has 0 aliphatic heterocycles. The topological polar surface area (TPSA) is 52.9 Å². The number of halogens is 1. The molecular weight excluding hydrogens is 275 g/mol. The molecule has 0 fully saturated rings. The van der Waals surface area contributed by atoms with Gasteiger partial charge in [0.2, 0.25) is 0 Å². The van der Waals surface area contributed by atoms with Crippen molar-refractivity contribution < 1.29 is 9.18 Å². The molecule has 0 atom stereocenters. The minimum atomic E-state index is -0.510. The quantitative estimate of drug-likeness (QED) is 0.693. The Morgan fingerprint density at radius 1 is 1.35 bits per heavy atom. The zero-order valence-corrected chi connectivity index (χ0v) is 11.3. The molecule has 1 aromatic carbocycles. The van der Waals surface area contributed by atoms with Crippen molar-refractivity contribution in [1.29, 1.82) is 5.26 Å². The Morgan fingerprint density at radius 2 is 2.15 bits per heavy atom. The molecule has 0 saturated heterocycles. The second kappa shape index (κ2) is 6.64. The molecule has 2 aromatic rings. The van der Waals surface area contributed by atoms with Crippen LogP contribution in [-0.4, -0.2) is 5.91 Å². The summed E-state index contributed by atoms with van der Waals surface area (Å²) in [5.41, 5.74) is 0.0991. The Kier molecular flexibility index (Phi) is 4.64. The highest BCUT2D eigenvalue weighted by molar-refractivity contribution is 7.09. The lowest BCUT2D eigenvalue weighted by molar-refractivity contribution is -0.117. The molecule has 0 radical (unpaired) electrons. The second-order valence-electron chi connectivity index (χ2n) is 3.95. The first kappa shape index (κ1) is 14.0. The predicted octanol–water partition coefficient (Wildman–Crippen LogP) is 3.11. The Balaban J connectivity index is 2.10. The second-order valence-corrected chi connectivity index (χ2v) is 4.99. The number of carbonyl (C=O) groups is 1.